The van der Waals surface area contributed by atoms with Crippen LogP contribution in [0.3, 0.4) is 0 Å². The maximum absolute atomic E-state index is 12.7. The van der Waals surface area contributed by atoms with E-state index in [1.165, 1.54) is 19.1 Å². The largest absolute Gasteiger partial charge is 0.464 e. The first-order chi connectivity index (χ1) is 11.9. The van der Waals surface area contributed by atoms with Crippen LogP contribution in [0.15, 0.2) is 46.6 Å². The molecular weight excluding hydrogens is 324 g/mol. The Kier molecular flexibility index (Phi) is 4.34. The zero-order valence-corrected chi connectivity index (χ0v) is 14.6. The van der Waals surface area contributed by atoms with Crippen LogP contribution in [0.1, 0.15) is 19.4 Å². The highest BCUT2D eigenvalue weighted by Gasteiger charge is 2.69. The molecule has 0 radical (unpaired) electrons. The van der Waals surface area contributed by atoms with Crippen molar-refractivity contribution >= 4 is 17.8 Å². The van der Waals surface area contributed by atoms with Crippen LogP contribution >= 0.6 is 0 Å². The minimum atomic E-state index is -1.43. The summed E-state index contributed by atoms with van der Waals surface area (Å²) >= 11 is 0. The lowest BCUT2D eigenvalue weighted by Gasteiger charge is -2.47. The Morgan fingerprint density at radius 1 is 1.28 bits per heavy atom. The Labute approximate surface area is 145 Å². The normalized spacial score (nSPS) is 24.0. The van der Waals surface area contributed by atoms with E-state index in [9.17, 15) is 9.59 Å². The monoisotopic (exact) mass is 344 g/mol. The SMILES string of the molecule is COC(=O)C(=C(C)C)N1C(=O)[C@]2(OC)N=C(Cc3ccccc3)O[C@@H]12. The number of aliphatic imine (C=N–C) groups is 1. The average molecular weight is 344 g/mol. The fourth-order valence-electron chi connectivity index (χ4n) is 3.01. The second-order valence-corrected chi connectivity index (χ2v) is 6.05. The predicted molar refractivity (Wildman–Crippen MR) is 89.4 cm³/mol. The predicted octanol–water partition coefficient (Wildman–Crippen LogP) is 1.64. The van der Waals surface area contributed by atoms with Crippen molar-refractivity contribution in [1.29, 1.82) is 0 Å². The van der Waals surface area contributed by atoms with E-state index in [0.29, 0.717) is 17.9 Å². The van der Waals surface area contributed by atoms with Crippen LogP contribution in [-0.2, 0) is 30.2 Å². The Hall–Kier alpha value is -2.67. The molecule has 25 heavy (non-hydrogen) atoms. The Morgan fingerprint density at radius 3 is 2.52 bits per heavy atom. The van der Waals surface area contributed by atoms with Crippen LogP contribution in [0.4, 0.5) is 0 Å². The van der Waals surface area contributed by atoms with Gasteiger partial charge in [-0.2, -0.15) is 0 Å². The fraction of sp³-hybridized carbons (Fsp3) is 0.389. The minimum absolute atomic E-state index is 0.154. The summed E-state index contributed by atoms with van der Waals surface area (Å²) in [6, 6.07) is 9.65. The minimum Gasteiger partial charge on any atom is -0.464 e. The molecule has 7 nitrogen and oxygen atoms in total. The first-order valence-corrected chi connectivity index (χ1v) is 7.88. The molecule has 1 aromatic carbocycles. The highest BCUT2D eigenvalue weighted by Crippen LogP contribution is 2.44. The number of hydrogen-bond acceptors (Lipinski definition) is 6. The smallest absolute Gasteiger partial charge is 0.354 e. The Morgan fingerprint density at radius 2 is 1.96 bits per heavy atom. The third-order valence-corrected chi connectivity index (χ3v) is 4.24. The second-order valence-electron chi connectivity index (χ2n) is 6.05. The van der Waals surface area contributed by atoms with E-state index in [0.717, 1.165) is 5.56 Å². The van der Waals surface area contributed by atoms with Crippen LogP contribution in [0.25, 0.3) is 0 Å². The number of esters is 1. The number of rotatable bonds is 5. The fourth-order valence-corrected chi connectivity index (χ4v) is 3.01. The number of carbonyl (C=O) groups is 2. The number of benzene rings is 1. The first kappa shape index (κ1) is 17.2. The second kappa shape index (κ2) is 6.33. The van der Waals surface area contributed by atoms with E-state index in [1.54, 1.807) is 13.8 Å². The molecule has 3 rings (SSSR count). The lowest BCUT2D eigenvalue weighted by molar-refractivity contribution is -0.217. The molecule has 0 saturated carbocycles. The van der Waals surface area contributed by atoms with Crippen LogP contribution in [0, 0.1) is 0 Å². The summed E-state index contributed by atoms with van der Waals surface area (Å²) < 4.78 is 16.0. The number of carbonyl (C=O) groups excluding carboxylic acids is 2. The van der Waals surface area contributed by atoms with Gasteiger partial charge in [-0.3, -0.25) is 9.69 Å². The van der Waals surface area contributed by atoms with Gasteiger partial charge in [-0.05, 0) is 25.0 Å². The van der Waals surface area contributed by atoms with E-state index in [-0.39, 0.29) is 5.70 Å². The zero-order chi connectivity index (χ0) is 18.2. The molecule has 0 aliphatic carbocycles. The number of allylic oxidation sites excluding steroid dienone is 1. The van der Waals surface area contributed by atoms with Gasteiger partial charge in [-0.25, -0.2) is 9.79 Å². The molecule has 1 aromatic rings. The summed E-state index contributed by atoms with van der Waals surface area (Å²) in [5.74, 6) is -0.644. The van der Waals surface area contributed by atoms with Crippen molar-refractivity contribution < 1.29 is 23.8 Å². The number of nitrogens with zero attached hydrogens (tertiary/aromatic N) is 2. The number of methoxy groups -OCH3 is 2. The van der Waals surface area contributed by atoms with Crippen LogP contribution in [0.2, 0.25) is 0 Å². The van der Waals surface area contributed by atoms with Gasteiger partial charge in [0.2, 0.25) is 6.23 Å². The molecule has 2 aliphatic rings. The molecule has 2 heterocycles. The topological polar surface area (TPSA) is 77.4 Å². The Balaban J connectivity index is 1.88. The molecule has 132 valence electrons. The molecule has 7 heteroatoms. The molecule has 2 atom stereocenters. The van der Waals surface area contributed by atoms with Gasteiger partial charge in [0.1, 0.15) is 5.70 Å². The van der Waals surface area contributed by atoms with Gasteiger partial charge >= 0.3 is 5.97 Å². The van der Waals surface area contributed by atoms with Crippen molar-refractivity contribution in [3.63, 3.8) is 0 Å². The number of amides is 1. The quantitative estimate of drug-likeness (QED) is 0.461. The van der Waals surface area contributed by atoms with E-state index in [4.69, 9.17) is 14.2 Å². The summed E-state index contributed by atoms with van der Waals surface area (Å²) in [5.41, 5.74) is 0.369. The van der Waals surface area contributed by atoms with Crippen molar-refractivity contribution in [2.24, 2.45) is 4.99 Å². The average Bonchev–Trinajstić information content (AvgIpc) is 2.94. The van der Waals surface area contributed by atoms with Crippen LogP contribution in [0.5, 0.6) is 0 Å². The number of β-lactam (4-membered cyclic amide) rings is 1. The van der Waals surface area contributed by atoms with Crippen molar-refractivity contribution in [2.75, 3.05) is 14.2 Å². The van der Waals surface area contributed by atoms with Crippen LogP contribution < -0.4 is 0 Å². The van der Waals surface area contributed by atoms with Gasteiger partial charge in [-0.1, -0.05) is 30.3 Å². The van der Waals surface area contributed by atoms with E-state index >= 15 is 0 Å². The molecule has 0 N–H and O–H groups in total. The van der Waals surface area contributed by atoms with Gasteiger partial charge in [-0.15, -0.1) is 0 Å². The number of fused-ring (bicyclic) bond motifs is 1. The van der Waals surface area contributed by atoms with Crippen LogP contribution in [-0.4, -0.2) is 48.8 Å². The van der Waals surface area contributed by atoms with Gasteiger partial charge in [0.05, 0.1) is 7.11 Å². The van der Waals surface area contributed by atoms with Crippen molar-refractivity contribution in [3.8, 4) is 0 Å². The van der Waals surface area contributed by atoms with Crippen molar-refractivity contribution in [3.05, 3.63) is 47.2 Å². The summed E-state index contributed by atoms with van der Waals surface area (Å²) in [4.78, 5) is 30.4. The highest BCUT2D eigenvalue weighted by atomic mass is 16.6. The molecule has 0 unspecified atom stereocenters. The molecular formula is C18H20N2O5. The number of hydrogen-bond donors (Lipinski definition) is 0. The molecule has 1 fully saturated rings. The first-order valence-electron chi connectivity index (χ1n) is 7.88. The summed E-state index contributed by atoms with van der Waals surface area (Å²) in [6.07, 6.45) is -0.376. The lowest BCUT2D eigenvalue weighted by Crippen LogP contribution is -2.72. The van der Waals surface area contributed by atoms with Gasteiger partial charge in [0.15, 0.2) is 5.90 Å². The number of ether oxygens (including phenoxy) is 3. The lowest BCUT2D eigenvalue weighted by atomic mass is 9.98. The van der Waals surface area contributed by atoms with E-state index in [1.807, 2.05) is 30.3 Å². The highest BCUT2D eigenvalue weighted by molar-refractivity contribution is 6.04. The van der Waals surface area contributed by atoms with E-state index in [2.05, 4.69) is 4.99 Å². The van der Waals surface area contributed by atoms with Gasteiger partial charge in [0.25, 0.3) is 11.6 Å². The Bertz CT molecular complexity index is 767. The van der Waals surface area contributed by atoms with Crippen molar-refractivity contribution in [2.45, 2.75) is 32.2 Å². The molecule has 2 aliphatic heterocycles. The standard InChI is InChI=1S/C18H20N2O5/c1-11(2)14(15(21)23-3)20-16(22)18(24-4)17(20)25-13(19-18)10-12-8-6-5-7-9-12/h5-9,17H,10H2,1-4H3/t17-,18-/m1/s1. The summed E-state index contributed by atoms with van der Waals surface area (Å²) in [7, 11) is 2.67. The zero-order valence-electron chi connectivity index (χ0n) is 14.6. The third kappa shape index (κ3) is 2.60. The maximum Gasteiger partial charge on any atom is 0.354 e. The van der Waals surface area contributed by atoms with Gasteiger partial charge < -0.3 is 14.2 Å². The third-order valence-electron chi connectivity index (χ3n) is 4.24. The maximum atomic E-state index is 12.7. The molecule has 0 spiro atoms. The molecule has 0 aromatic heterocycles. The van der Waals surface area contributed by atoms with Crippen molar-refractivity contribution in [1.82, 2.24) is 4.90 Å². The van der Waals surface area contributed by atoms with Gasteiger partial charge in [0, 0.05) is 13.5 Å². The molecule has 1 saturated heterocycles. The van der Waals surface area contributed by atoms with E-state index < -0.39 is 23.8 Å². The molecule has 1 amide bonds. The summed E-state index contributed by atoms with van der Waals surface area (Å²) in [5, 5.41) is 0. The summed E-state index contributed by atoms with van der Waals surface area (Å²) in [6.45, 7) is 3.46. The number of likely N-dealkylation sites (tertiary alicyclic amines) is 1. The molecule has 0 bridgehead atoms.